The van der Waals surface area contributed by atoms with Crippen LogP contribution in [0.2, 0.25) is 0 Å². The Morgan fingerprint density at radius 2 is 2.08 bits per heavy atom. The Balaban J connectivity index is 1.56. The second-order valence-corrected chi connectivity index (χ2v) is 9.35. The van der Waals surface area contributed by atoms with Crippen molar-refractivity contribution in [3.63, 3.8) is 0 Å². The topological polar surface area (TPSA) is 0 Å². The highest BCUT2D eigenvalue weighted by atomic mass is 14.6. The SMILES string of the molecule is CCCCC=C1CCC2C3CCC4=CC(C)CC=C4C3CCC12C. The molecular formula is C24H36. The van der Waals surface area contributed by atoms with Crippen molar-refractivity contribution in [3.05, 3.63) is 34.9 Å². The van der Waals surface area contributed by atoms with E-state index in [0.717, 1.165) is 23.7 Å². The molecule has 0 aromatic rings. The molecule has 24 heavy (non-hydrogen) atoms. The molecule has 0 spiro atoms. The first-order valence-electron chi connectivity index (χ1n) is 10.7. The van der Waals surface area contributed by atoms with Gasteiger partial charge in [0.15, 0.2) is 0 Å². The van der Waals surface area contributed by atoms with E-state index in [2.05, 4.69) is 39.0 Å². The van der Waals surface area contributed by atoms with E-state index >= 15 is 0 Å². The molecule has 0 bridgehead atoms. The smallest absolute Gasteiger partial charge is 0.00850 e. The molecule has 0 N–H and O–H groups in total. The minimum Gasteiger partial charge on any atom is -0.0848 e. The Morgan fingerprint density at radius 1 is 1.21 bits per heavy atom. The van der Waals surface area contributed by atoms with E-state index in [4.69, 9.17) is 0 Å². The Morgan fingerprint density at radius 3 is 2.92 bits per heavy atom. The number of hydrogen-bond donors (Lipinski definition) is 0. The normalized spacial score (nSPS) is 42.9. The van der Waals surface area contributed by atoms with E-state index in [9.17, 15) is 0 Å². The molecule has 5 unspecified atom stereocenters. The van der Waals surface area contributed by atoms with Gasteiger partial charge in [-0.25, -0.2) is 0 Å². The van der Waals surface area contributed by atoms with Crippen molar-refractivity contribution < 1.29 is 0 Å². The quantitative estimate of drug-likeness (QED) is 0.379. The monoisotopic (exact) mass is 324 g/mol. The van der Waals surface area contributed by atoms with E-state index in [1.54, 1.807) is 11.1 Å². The maximum atomic E-state index is 2.65. The molecule has 3 saturated carbocycles. The fourth-order valence-corrected chi connectivity index (χ4v) is 6.63. The highest BCUT2D eigenvalue weighted by molar-refractivity contribution is 5.40. The second-order valence-electron chi connectivity index (χ2n) is 9.35. The van der Waals surface area contributed by atoms with Crippen LogP contribution in [0.4, 0.5) is 0 Å². The van der Waals surface area contributed by atoms with Crippen molar-refractivity contribution in [2.24, 2.45) is 29.1 Å². The maximum absolute atomic E-state index is 2.65. The molecule has 4 aliphatic carbocycles. The second kappa shape index (κ2) is 6.50. The Bertz CT molecular complexity index is 575. The van der Waals surface area contributed by atoms with Crippen molar-refractivity contribution in [1.29, 1.82) is 0 Å². The molecule has 0 amide bonds. The first kappa shape index (κ1) is 16.7. The molecular weight excluding hydrogens is 288 g/mol. The van der Waals surface area contributed by atoms with Gasteiger partial charge in [0.2, 0.25) is 0 Å². The third kappa shape index (κ3) is 2.65. The fourth-order valence-electron chi connectivity index (χ4n) is 6.63. The molecule has 0 heteroatoms. The third-order valence-corrected chi connectivity index (χ3v) is 7.95. The minimum absolute atomic E-state index is 0.540. The zero-order valence-electron chi connectivity index (χ0n) is 16.1. The van der Waals surface area contributed by atoms with Crippen LogP contribution in [-0.4, -0.2) is 0 Å². The zero-order valence-corrected chi connectivity index (χ0v) is 16.1. The summed E-state index contributed by atoms with van der Waals surface area (Å²) in [6.07, 6.45) is 21.8. The highest BCUT2D eigenvalue weighted by Gasteiger charge is 2.52. The molecule has 132 valence electrons. The molecule has 0 heterocycles. The summed E-state index contributed by atoms with van der Waals surface area (Å²) in [5.41, 5.74) is 5.90. The van der Waals surface area contributed by atoms with Gasteiger partial charge in [-0.05, 0) is 91.6 Å². The van der Waals surface area contributed by atoms with Crippen LogP contribution in [0.5, 0.6) is 0 Å². The lowest BCUT2D eigenvalue weighted by Gasteiger charge is -2.51. The van der Waals surface area contributed by atoms with E-state index in [1.165, 1.54) is 64.2 Å². The summed E-state index contributed by atoms with van der Waals surface area (Å²) in [4.78, 5) is 0. The van der Waals surface area contributed by atoms with Gasteiger partial charge in [0, 0.05) is 0 Å². The van der Waals surface area contributed by atoms with Crippen LogP contribution in [0.15, 0.2) is 34.9 Å². The minimum atomic E-state index is 0.540. The summed E-state index contributed by atoms with van der Waals surface area (Å²) in [5.74, 6) is 3.60. The molecule has 0 aromatic carbocycles. The predicted octanol–water partition coefficient (Wildman–Crippen LogP) is 7.23. The van der Waals surface area contributed by atoms with Crippen LogP contribution in [0, 0.1) is 29.1 Å². The van der Waals surface area contributed by atoms with E-state index < -0.39 is 0 Å². The molecule has 5 atom stereocenters. The summed E-state index contributed by atoms with van der Waals surface area (Å²) in [6, 6.07) is 0. The van der Waals surface area contributed by atoms with Crippen molar-refractivity contribution in [3.8, 4) is 0 Å². The predicted molar refractivity (Wildman–Crippen MR) is 104 cm³/mol. The first-order chi connectivity index (χ1) is 11.6. The number of allylic oxidation sites excluding steroid dienone is 6. The number of rotatable bonds is 3. The molecule has 0 aliphatic heterocycles. The van der Waals surface area contributed by atoms with Crippen LogP contribution in [0.3, 0.4) is 0 Å². The van der Waals surface area contributed by atoms with Gasteiger partial charge < -0.3 is 0 Å². The van der Waals surface area contributed by atoms with Gasteiger partial charge in [0.25, 0.3) is 0 Å². The van der Waals surface area contributed by atoms with Crippen molar-refractivity contribution >= 4 is 0 Å². The fraction of sp³-hybridized carbons (Fsp3) is 0.750. The summed E-state index contributed by atoms with van der Waals surface area (Å²) in [6.45, 7) is 7.32. The van der Waals surface area contributed by atoms with Crippen LogP contribution >= 0.6 is 0 Å². The van der Waals surface area contributed by atoms with Gasteiger partial charge in [0.1, 0.15) is 0 Å². The zero-order chi connectivity index (χ0) is 16.7. The van der Waals surface area contributed by atoms with Gasteiger partial charge in [-0.15, -0.1) is 0 Å². The molecule has 4 rings (SSSR count). The molecule has 0 aromatic heterocycles. The lowest BCUT2D eigenvalue weighted by molar-refractivity contribution is 0.0631. The Labute approximate surface area is 149 Å². The van der Waals surface area contributed by atoms with Gasteiger partial charge in [-0.1, -0.05) is 57.4 Å². The third-order valence-electron chi connectivity index (χ3n) is 7.95. The van der Waals surface area contributed by atoms with E-state index in [0.29, 0.717) is 5.41 Å². The number of hydrogen-bond acceptors (Lipinski definition) is 0. The van der Waals surface area contributed by atoms with Crippen LogP contribution < -0.4 is 0 Å². The molecule has 0 saturated heterocycles. The Kier molecular flexibility index (Phi) is 4.52. The van der Waals surface area contributed by atoms with E-state index in [-0.39, 0.29) is 0 Å². The summed E-state index contributed by atoms with van der Waals surface area (Å²) in [5, 5.41) is 0. The molecule has 4 aliphatic rings. The highest BCUT2D eigenvalue weighted by Crippen LogP contribution is 2.63. The van der Waals surface area contributed by atoms with Gasteiger partial charge >= 0.3 is 0 Å². The summed E-state index contributed by atoms with van der Waals surface area (Å²) >= 11 is 0. The average molecular weight is 325 g/mol. The van der Waals surface area contributed by atoms with Gasteiger partial charge in [-0.3, -0.25) is 0 Å². The van der Waals surface area contributed by atoms with Crippen LogP contribution in [-0.2, 0) is 0 Å². The molecule has 3 fully saturated rings. The molecule has 0 radical (unpaired) electrons. The van der Waals surface area contributed by atoms with Crippen molar-refractivity contribution in [1.82, 2.24) is 0 Å². The maximum Gasteiger partial charge on any atom is -0.00850 e. The lowest BCUT2D eigenvalue weighted by Crippen LogP contribution is -2.42. The first-order valence-corrected chi connectivity index (χ1v) is 10.7. The standard InChI is InChI=1S/C24H36/c1-4-5-6-7-19-10-13-23-22-12-9-18-16-17(2)8-11-20(18)21(22)14-15-24(19,23)3/h7,11,16-17,21-23H,4-6,8-10,12-15H2,1-3H3. The number of unbranched alkanes of at least 4 members (excludes halogenated alkanes) is 2. The van der Waals surface area contributed by atoms with Gasteiger partial charge in [0.05, 0.1) is 0 Å². The summed E-state index contributed by atoms with van der Waals surface area (Å²) in [7, 11) is 0. The summed E-state index contributed by atoms with van der Waals surface area (Å²) < 4.78 is 0. The van der Waals surface area contributed by atoms with E-state index in [1.807, 2.05) is 5.57 Å². The van der Waals surface area contributed by atoms with Crippen molar-refractivity contribution in [2.45, 2.75) is 85.0 Å². The largest absolute Gasteiger partial charge is 0.0848 e. The van der Waals surface area contributed by atoms with Crippen molar-refractivity contribution in [2.75, 3.05) is 0 Å². The average Bonchev–Trinajstić information content (AvgIpc) is 2.91. The molecule has 0 nitrogen and oxygen atoms in total. The lowest BCUT2D eigenvalue weighted by atomic mass is 9.54. The van der Waals surface area contributed by atoms with Crippen LogP contribution in [0.25, 0.3) is 0 Å². The number of fused-ring (bicyclic) bond motifs is 5. The van der Waals surface area contributed by atoms with Gasteiger partial charge in [-0.2, -0.15) is 0 Å². The Hall–Kier alpha value is -0.780. The van der Waals surface area contributed by atoms with Crippen LogP contribution in [0.1, 0.15) is 85.0 Å².